The SMILES string of the molecule is Cc1ncsc1-c1ccc(C(C)NC(=O)[C@@H]2C[C@@H](O)CN2C(=O)C(NC(=O)COc2ccc(Nc3ccc(C4=N[C@@H](CC(=O)O)c5nnc(C)n5-c5sc(C)c(C)c54)cc3)cc2)C(C)(C)C)cc1. The van der Waals surface area contributed by atoms with Gasteiger partial charge in [-0.1, -0.05) is 57.2 Å². The summed E-state index contributed by atoms with van der Waals surface area (Å²) in [5.41, 5.74) is 9.05. The lowest BCUT2D eigenvalue weighted by molar-refractivity contribution is -0.144. The molecule has 5 heterocycles. The number of anilines is 2. The number of fused-ring (bicyclic) bond motifs is 3. The number of hydrogen-bond acceptors (Lipinski definition) is 13. The van der Waals surface area contributed by atoms with E-state index in [1.165, 1.54) is 4.90 Å². The van der Waals surface area contributed by atoms with Crippen LogP contribution in [0.5, 0.6) is 5.75 Å². The lowest BCUT2D eigenvalue weighted by Gasteiger charge is -2.35. The molecule has 1 fully saturated rings. The Hall–Kier alpha value is -6.76. The molecule has 2 aliphatic heterocycles. The summed E-state index contributed by atoms with van der Waals surface area (Å²) in [6, 6.07) is 19.8. The van der Waals surface area contributed by atoms with E-state index < -0.39 is 47.4 Å². The second-order valence-electron chi connectivity index (χ2n) is 18.4. The first-order chi connectivity index (χ1) is 32.4. The average Bonchev–Trinajstić information content (AvgIpc) is 4.07. The number of hydrogen-bond donors (Lipinski definition) is 5. The highest BCUT2D eigenvalue weighted by molar-refractivity contribution is 7.15. The molecular weight excluding hydrogens is 903 g/mol. The number of carboxylic acids is 1. The first-order valence-corrected chi connectivity index (χ1v) is 24.1. The minimum atomic E-state index is -1.01. The van der Waals surface area contributed by atoms with E-state index in [0.717, 1.165) is 59.6 Å². The number of ether oxygens (including phenoxy) is 1. The van der Waals surface area contributed by atoms with Crippen LogP contribution in [-0.2, 0) is 19.2 Å². The molecule has 16 nitrogen and oxygen atoms in total. The highest BCUT2D eigenvalue weighted by Crippen LogP contribution is 2.40. The van der Waals surface area contributed by atoms with E-state index in [2.05, 4.69) is 38.1 Å². The van der Waals surface area contributed by atoms with E-state index in [9.17, 15) is 29.4 Å². The maximum atomic E-state index is 14.2. The Labute approximate surface area is 402 Å². The van der Waals surface area contributed by atoms with Gasteiger partial charge in [-0.3, -0.25) is 28.7 Å². The minimum absolute atomic E-state index is 0.0391. The van der Waals surface area contributed by atoms with Gasteiger partial charge in [0, 0.05) is 40.3 Å². The normalized spacial score (nSPS) is 17.6. The summed E-state index contributed by atoms with van der Waals surface area (Å²) in [4.78, 5) is 66.2. The second-order valence-corrected chi connectivity index (χ2v) is 20.5. The lowest BCUT2D eigenvalue weighted by Crippen LogP contribution is -2.58. The molecule has 3 aromatic heterocycles. The van der Waals surface area contributed by atoms with E-state index in [0.29, 0.717) is 23.1 Å². The molecule has 5 atom stereocenters. The summed E-state index contributed by atoms with van der Waals surface area (Å²) >= 11 is 3.18. The van der Waals surface area contributed by atoms with E-state index in [-0.39, 0.29) is 37.9 Å². The standard InChI is InChI=1S/C50H55N9O7S2/c1-26-29(4)68-49-42(26)43(54-38(22-41(62)63)46-57-56-30(5)59(46)49)32-13-15-34(16-14-32)53-35-17-19-37(20-18-35)66-24-40(61)55-45(50(6,7)8)48(65)58-23-36(60)21-39(58)47(64)52-27(2)31-9-11-33(12-10-31)44-28(3)51-25-67-44/h9-20,25,27,36,38-39,45,53,60H,21-24H2,1-8H3,(H,52,64)(H,55,61)(H,62,63)/t27?,36-,38+,39+,45?/m1/s1. The Morgan fingerprint density at radius 1 is 0.897 bits per heavy atom. The number of thiophene rings is 1. The summed E-state index contributed by atoms with van der Waals surface area (Å²) in [5.74, 6) is -0.742. The number of aryl methyl sites for hydroxylation is 3. The van der Waals surface area contributed by atoms with Crippen LogP contribution < -0.4 is 20.7 Å². The van der Waals surface area contributed by atoms with Crippen molar-refractivity contribution in [1.29, 1.82) is 0 Å². The number of rotatable bonds is 14. The van der Waals surface area contributed by atoms with Gasteiger partial charge in [0.15, 0.2) is 12.4 Å². The molecule has 5 N–H and O–H groups in total. The van der Waals surface area contributed by atoms with Gasteiger partial charge >= 0.3 is 5.97 Å². The molecule has 18 heteroatoms. The predicted molar refractivity (Wildman–Crippen MR) is 262 cm³/mol. The molecule has 0 bridgehead atoms. The number of nitrogens with one attached hydrogen (secondary N) is 3. The number of benzene rings is 3. The number of aliphatic hydroxyl groups is 1. The zero-order valence-corrected chi connectivity index (χ0v) is 40.8. The minimum Gasteiger partial charge on any atom is -0.484 e. The van der Waals surface area contributed by atoms with E-state index in [4.69, 9.17) is 9.73 Å². The second kappa shape index (κ2) is 19.5. The molecule has 0 saturated carbocycles. The first-order valence-electron chi connectivity index (χ1n) is 22.4. The van der Waals surface area contributed by atoms with Gasteiger partial charge in [-0.25, -0.2) is 4.98 Å². The molecular formula is C50H55N9O7S2. The highest BCUT2D eigenvalue weighted by Gasteiger charge is 2.45. The summed E-state index contributed by atoms with van der Waals surface area (Å²) in [5, 5.41) is 39.3. The van der Waals surface area contributed by atoms with Crippen molar-refractivity contribution in [3.8, 4) is 21.2 Å². The molecule has 0 radical (unpaired) electrons. The fraction of sp³-hybridized carbons (Fsp3) is 0.360. The Kier molecular flexibility index (Phi) is 13.7. The van der Waals surface area contributed by atoms with Crippen molar-refractivity contribution in [2.45, 2.75) is 98.5 Å². The van der Waals surface area contributed by atoms with Crippen LogP contribution in [0, 0.1) is 33.1 Å². The van der Waals surface area contributed by atoms with Crippen LogP contribution in [0.1, 0.15) is 97.1 Å². The number of amides is 3. The van der Waals surface area contributed by atoms with Gasteiger partial charge in [-0.15, -0.1) is 32.9 Å². The van der Waals surface area contributed by atoms with Crippen LogP contribution in [0.25, 0.3) is 15.4 Å². The maximum absolute atomic E-state index is 14.2. The zero-order chi connectivity index (χ0) is 48.6. The molecule has 354 valence electrons. The third-order valence-electron chi connectivity index (χ3n) is 12.3. The van der Waals surface area contributed by atoms with Gasteiger partial charge in [0.05, 0.1) is 40.4 Å². The predicted octanol–water partition coefficient (Wildman–Crippen LogP) is 7.55. The molecule has 2 aliphatic rings. The van der Waals surface area contributed by atoms with Gasteiger partial charge in [-0.2, -0.15) is 0 Å². The van der Waals surface area contributed by atoms with E-state index in [1.807, 2.05) is 119 Å². The number of nitrogens with zero attached hydrogens (tertiary/aromatic N) is 6. The topological polar surface area (TPSA) is 213 Å². The molecule has 2 unspecified atom stereocenters. The first kappa shape index (κ1) is 47.7. The number of carboxylic acid groups (broad SMARTS) is 1. The fourth-order valence-corrected chi connectivity index (χ4v) is 10.6. The molecule has 3 amide bonds. The number of thiazole rings is 1. The van der Waals surface area contributed by atoms with Crippen LogP contribution in [-0.4, -0.2) is 95.6 Å². The van der Waals surface area contributed by atoms with Crippen LogP contribution in [0.3, 0.4) is 0 Å². The van der Waals surface area contributed by atoms with Crippen molar-refractivity contribution in [2.24, 2.45) is 10.4 Å². The molecule has 0 spiro atoms. The van der Waals surface area contributed by atoms with Crippen molar-refractivity contribution < 1.29 is 34.1 Å². The number of aliphatic carboxylic acids is 1. The van der Waals surface area contributed by atoms with Gasteiger partial charge < -0.3 is 35.8 Å². The third-order valence-corrected chi connectivity index (χ3v) is 14.5. The summed E-state index contributed by atoms with van der Waals surface area (Å²) in [7, 11) is 0. The Morgan fingerprint density at radius 3 is 2.19 bits per heavy atom. The van der Waals surface area contributed by atoms with Crippen molar-refractivity contribution in [3.05, 3.63) is 123 Å². The number of aromatic nitrogens is 4. The van der Waals surface area contributed by atoms with Gasteiger partial charge in [-0.05, 0) is 93.1 Å². The number of carbonyl (C=O) groups excluding carboxylic acids is 3. The van der Waals surface area contributed by atoms with Gasteiger partial charge in [0.1, 0.15) is 34.7 Å². The fourth-order valence-electron chi connectivity index (χ4n) is 8.57. The Bertz CT molecular complexity index is 2880. The molecule has 68 heavy (non-hydrogen) atoms. The summed E-state index contributed by atoms with van der Waals surface area (Å²) < 4.78 is 7.78. The largest absolute Gasteiger partial charge is 0.484 e. The number of β-amino-alcohol motifs (C(OH)–C–C–N with tert-alkyl or cyclic N) is 1. The molecule has 0 aliphatic carbocycles. The molecule has 1 saturated heterocycles. The van der Waals surface area contributed by atoms with Crippen LogP contribution >= 0.6 is 22.7 Å². The quantitative estimate of drug-likeness (QED) is 0.0719. The number of aliphatic hydroxyl groups excluding tert-OH is 1. The molecule has 8 rings (SSSR count). The van der Waals surface area contributed by atoms with Crippen molar-refractivity contribution in [2.75, 3.05) is 18.5 Å². The summed E-state index contributed by atoms with van der Waals surface area (Å²) in [6.07, 6.45) is -1.05. The van der Waals surface area contributed by atoms with Crippen molar-refractivity contribution >= 4 is 63.5 Å². The van der Waals surface area contributed by atoms with Gasteiger partial charge in [0.2, 0.25) is 11.8 Å². The molecule has 6 aromatic rings. The lowest BCUT2D eigenvalue weighted by atomic mass is 9.85. The van der Waals surface area contributed by atoms with Crippen molar-refractivity contribution in [1.82, 2.24) is 35.3 Å². The average molecular weight is 958 g/mol. The van der Waals surface area contributed by atoms with Crippen LogP contribution in [0.4, 0.5) is 11.4 Å². The Morgan fingerprint density at radius 2 is 1.56 bits per heavy atom. The van der Waals surface area contributed by atoms with E-state index >= 15 is 0 Å². The Balaban J connectivity index is 0.877. The smallest absolute Gasteiger partial charge is 0.306 e. The summed E-state index contributed by atoms with van der Waals surface area (Å²) in [6.45, 7) is 14.9. The zero-order valence-electron chi connectivity index (χ0n) is 39.2. The van der Waals surface area contributed by atoms with Crippen LogP contribution in [0.15, 0.2) is 83.3 Å². The maximum Gasteiger partial charge on any atom is 0.306 e. The number of likely N-dealkylation sites (tertiary alicyclic amines) is 1. The van der Waals surface area contributed by atoms with E-state index in [1.54, 1.807) is 34.8 Å². The highest BCUT2D eigenvalue weighted by atomic mass is 32.1. The van der Waals surface area contributed by atoms with Crippen molar-refractivity contribution in [3.63, 3.8) is 0 Å². The number of carbonyl (C=O) groups is 4. The molecule has 3 aromatic carbocycles. The van der Waals surface area contributed by atoms with Crippen LogP contribution in [0.2, 0.25) is 0 Å². The number of aliphatic imine (C=N–C) groups is 1. The monoisotopic (exact) mass is 957 g/mol. The van der Waals surface area contributed by atoms with Gasteiger partial charge in [0.25, 0.3) is 5.91 Å². The third kappa shape index (κ3) is 10.1.